The average molecular weight is 382 g/mol. The molecule has 0 aromatic carbocycles. The SMILES string of the molecule is Cc1cnc(-n2ncc(C(=O)N3CCC[C@H](C)C3)c2C)nc1-c1cccs1. The van der Waals surface area contributed by atoms with Gasteiger partial charge in [0.15, 0.2) is 0 Å². The first kappa shape index (κ1) is 17.9. The van der Waals surface area contributed by atoms with E-state index in [1.54, 1.807) is 22.2 Å². The van der Waals surface area contributed by atoms with Crippen molar-refractivity contribution in [2.45, 2.75) is 33.6 Å². The maximum absolute atomic E-state index is 13.0. The Morgan fingerprint density at radius 2 is 2.15 bits per heavy atom. The molecule has 0 spiro atoms. The summed E-state index contributed by atoms with van der Waals surface area (Å²) in [4.78, 5) is 25.2. The van der Waals surface area contributed by atoms with Crippen LogP contribution in [-0.2, 0) is 0 Å². The molecular formula is C20H23N5OS. The summed E-state index contributed by atoms with van der Waals surface area (Å²) in [5.41, 5.74) is 3.33. The summed E-state index contributed by atoms with van der Waals surface area (Å²) in [6.07, 6.45) is 5.70. The molecule has 1 aliphatic heterocycles. The van der Waals surface area contributed by atoms with Gasteiger partial charge in [-0.3, -0.25) is 4.79 Å². The molecule has 0 saturated carbocycles. The zero-order valence-corrected chi connectivity index (χ0v) is 16.7. The number of hydrogen-bond acceptors (Lipinski definition) is 5. The number of piperidine rings is 1. The number of thiophene rings is 1. The van der Waals surface area contributed by atoms with Crippen molar-refractivity contribution in [3.8, 4) is 16.5 Å². The Morgan fingerprint density at radius 1 is 1.30 bits per heavy atom. The summed E-state index contributed by atoms with van der Waals surface area (Å²) in [5.74, 6) is 1.09. The standard InChI is InChI=1S/C20H23N5OS/c1-13-6-4-8-24(12-13)19(26)16-11-22-25(15(16)3)20-21-10-14(2)18(23-20)17-7-5-9-27-17/h5,7,9-11,13H,4,6,8,12H2,1-3H3/t13-/m0/s1. The third kappa shape index (κ3) is 3.39. The molecule has 0 bridgehead atoms. The highest BCUT2D eigenvalue weighted by Gasteiger charge is 2.25. The van der Waals surface area contributed by atoms with Crippen LogP contribution in [0.1, 0.15) is 41.4 Å². The van der Waals surface area contributed by atoms with Gasteiger partial charge in [0.05, 0.1) is 28.0 Å². The van der Waals surface area contributed by atoms with Crippen LogP contribution in [0.15, 0.2) is 29.9 Å². The van der Waals surface area contributed by atoms with Gasteiger partial charge in [0, 0.05) is 19.3 Å². The molecule has 4 heterocycles. The molecular weight excluding hydrogens is 358 g/mol. The van der Waals surface area contributed by atoms with Gasteiger partial charge in [-0.05, 0) is 49.6 Å². The first-order valence-electron chi connectivity index (χ1n) is 9.26. The van der Waals surface area contributed by atoms with Crippen molar-refractivity contribution in [2.24, 2.45) is 5.92 Å². The molecule has 0 unspecified atom stereocenters. The van der Waals surface area contributed by atoms with Gasteiger partial charge >= 0.3 is 0 Å². The van der Waals surface area contributed by atoms with Gasteiger partial charge in [-0.1, -0.05) is 13.0 Å². The summed E-state index contributed by atoms with van der Waals surface area (Å²) < 4.78 is 1.66. The fourth-order valence-electron chi connectivity index (χ4n) is 3.56. The minimum atomic E-state index is 0.0518. The zero-order valence-electron chi connectivity index (χ0n) is 15.8. The van der Waals surface area contributed by atoms with Crippen molar-refractivity contribution in [2.75, 3.05) is 13.1 Å². The number of likely N-dealkylation sites (tertiary alicyclic amines) is 1. The van der Waals surface area contributed by atoms with E-state index < -0.39 is 0 Å². The smallest absolute Gasteiger partial charge is 0.257 e. The first-order chi connectivity index (χ1) is 13.0. The monoisotopic (exact) mass is 381 g/mol. The van der Waals surface area contributed by atoms with Crippen LogP contribution in [0.2, 0.25) is 0 Å². The van der Waals surface area contributed by atoms with E-state index in [4.69, 9.17) is 4.98 Å². The fourth-order valence-corrected chi connectivity index (χ4v) is 4.34. The lowest BCUT2D eigenvalue weighted by atomic mass is 9.99. The van der Waals surface area contributed by atoms with E-state index in [9.17, 15) is 4.79 Å². The molecule has 0 N–H and O–H groups in total. The van der Waals surface area contributed by atoms with Crippen molar-refractivity contribution in [3.63, 3.8) is 0 Å². The van der Waals surface area contributed by atoms with Crippen LogP contribution < -0.4 is 0 Å². The Balaban J connectivity index is 1.66. The molecule has 7 heteroatoms. The minimum Gasteiger partial charge on any atom is -0.338 e. The Kier molecular flexibility index (Phi) is 4.78. The Morgan fingerprint density at radius 3 is 2.89 bits per heavy atom. The highest BCUT2D eigenvalue weighted by Crippen LogP contribution is 2.26. The number of aromatic nitrogens is 4. The molecule has 1 atom stereocenters. The van der Waals surface area contributed by atoms with E-state index in [0.29, 0.717) is 17.4 Å². The summed E-state index contributed by atoms with van der Waals surface area (Å²) in [5, 5.41) is 6.45. The van der Waals surface area contributed by atoms with Gasteiger partial charge in [-0.25, -0.2) is 14.6 Å². The average Bonchev–Trinajstić information content (AvgIpc) is 3.32. The Hall–Kier alpha value is -2.54. The summed E-state index contributed by atoms with van der Waals surface area (Å²) in [6.45, 7) is 7.73. The predicted octanol–water partition coefficient (Wildman–Crippen LogP) is 3.88. The minimum absolute atomic E-state index is 0.0518. The van der Waals surface area contributed by atoms with E-state index in [0.717, 1.165) is 41.3 Å². The second-order valence-corrected chi connectivity index (χ2v) is 8.18. The number of nitrogens with zero attached hydrogens (tertiary/aromatic N) is 5. The Labute approximate surface area is 162 Å². The molecule has 140 valence electrons. The largest absolute Gasteiger partial charge is 0.338 e. The van der Waals surface area contributed by atoms with Crippen LogP contribution in [0, 0.1) is 19.8 Å². The lowest BCUT2D eigenvalue weighted by Crippen LogP contribution is -2.39. The van der Waals surface area contributed by atoms with Crippen LogP contribution in [0.4, 0.5) is 0 Å². The lowest BCUT2D eigenvalue weighted by molar-refractivity contribution is 0.0682. The van der Waals surface area contributed by atoms with Crippen LogP contribution in [0.3, 0.4) is 0 Å². The maximum atomic E-state index is 13.0. The number of hydrogen-bond donors (Lipinski definition) is 0. The summed E-state index contributed by atoms with van der Waals surface area (Å²) >= 11 is 1.65. The Bertz CT molecular complexity index is 963. The maximum Gasteiger partial charge on any atom is 0.257 e. The highest BCUT2D eigenvalue weighted by molar-refractivity contribution is 7.13. The molecule has 3 aromatic rings. The van der Waals surface area contributed by atoms with Gasteiger partial charge in [0.2, 0.25) is 0 Å². The van der Waals surface area contributed by atoms with Crippen LogP contribution in [0.5, 0.6) is 0 Å². The molecule has 6 nitrogen and oxygen atoms in total. The molecule has 1 amide bonds. The third-order valence-corrected chi connectivity index (χ3v) is 5.96. The quantitative estimate of drug-likeness (QED) is 0.691. The molecule has 1 fully saturated rings. The van der Waals surface area contributed by atoms with Crippen LogP contribution in [-0.4, -0.2) is 43.6 Å². The molecule has 27 heavy (non-hydrogen) atoms. The zero-order chi connectivity index (χ0) is 19.0. The molecule has 1 saturated heterocycles. The van der Waals surface area contributed by atoms with Gasteiger partial charge < -0.3 is 4.90 Å². The van der Waals surface area contributed by atoms with Crippen LogP contribution >= 0.6 is 11.3 Å². The first-order valence-corrected chi connectivity index (χ1v) is 10.1. The number of aryl methyl sites for hydroxylation is 1. The van der Waals surface area contributed by atoms with E-state index in [1.807, 2.05) is 42.5 Å². The number of carbonyl (C=O) groups excluding carboxylic acids is 1. The van der Waals surface area contributed by atoms with Gasteiger partial charge in [0.25, 0.3) is 11.9 Å². The van der Waals surface area contributed by atoms with Crippen molar-refractivity contribution in [1.82, 2.24) is 24.6 Å². The number of carbonyl (C=O) groups is 1. The van der Waals surface area contributed by atoms with E-state index in [2.05, 4.69) is 17.0 Å². The number of amides is 1. The second-order valence-electron chi connectivity index (χ2n) is 7.23. The molecule has 4 rings (SSSR count). The van der Waals surface area contributed by atoms with Gasteiger partial charge in [-0.2, -0.15) is 5.10 Å². The topological polar surface area (TPSA) is 63.9 Å². The fraction of sp³-hybridized carbons (Fsp3) is 0.400. The molecule has 1 aliphatic rings. The van der Waals surface area contributed by atoms with E-state index in [1.165, 1.54) is 6.42 Å². The van der Waals surface area contributed by atoms with Gasteiger partial charge in [-0.15, -0.1) is 11.3 Å². The predicted molar refractivity (Wildman–Crippen MR) is 106 cm³/mol. The second kappa shape index (κ2) is 7.23. The van der Waals surface area contributed by atoms with Crippen molar-refractivity contribution < 1.29 is 4.79 Å². The van der Waals surface area contributed by atoms with Crippen molar-refractivity contribution >= 4 is 17.2 Å². The number of rotatable bonds is 3. The van der Waals surface area contributed by atoms with Crippen molar-refractivity contribution in [1.29, 1.82) is 0 Å². The van der Waals surface area contributed by atoms with Crippen molar-refractivity contribution in [3.05, 3.63) is 46.7 Å². The molecule has 0 aliphatic carbocycles. The summed E-state index contributed by atoms with van der Waals surface area (Å²) in [7, 11) is 0. The molecule has 3 aromatic heterocycles. The highest BCUT2D eigenvalue weighted by atomic mass is 32.1. The van der Waals surface area contributed by atoms with Gasteiger partial charge in [0.1, 0.15) is 0 Å². The molecule has 0 radical (unpaired) electrons. The van der Waals surface area contributed by atoms with E-state index in [-0.39, 0.29) is 5.91 Å². The third-order valence-electron chi connectivity index (χ3n) is 5.09. The van der Waals surface area contributed by atoms with E-state index >= 15 is 0 Å². The normalized spacial score (nSPS) is 17.3. The van der Waals surface area contributed by atoms with Crippen LogP contribution in [0.25, 0.3) is 16.5 Å². The lowest BCUT2D eigenvalue weighted by Gasteiger charge is -2.30. The summed E-state index contributed by atoms with van der Waals surface area (Å²) in [6, 6.07) is 4.06.